The van der Waals surface area contributed by atoms with Gasteiger partial charge in [0.05, 0.1) is 7.11 Å². The van der Waals surface area contributed by atoms with E-state index in [4.69, 9.17) is 0 Å². The summed E-state index contributed by atoms with van der Waals surface area (Å²) in [7, 11) is -1.65. The molecule has 0 aliphatic carbocycles. The zero-order chi connectivity index (χ0) is 12.3. The molecule has 7 heteroatoms. The largest absolute Gasteiger partial charge is 0.451 e. The van der Waals surface area contributed by atoms with Gasteiger partial charge in [-0.1, -0.05) is 25.1 Å². The zero-order valence-corrected chi connectivity index (χ0v) is 10.4. The molecule has 15 heavy (non-hydrogen) atoms. The summed E-state index contributed by atoms with van der Waals surface area (Å²) >= 11 is 0. The summed E-state index contributed by atoms with van der Waals surface area (Å²) < 4.78 is 25.3. The van der Waals surface area contributed by atoms with Gasteiger partial charge >= 0.3 is 16.6 Å². The van der Waals surface area contributed by atoms with Crippen LogP contribution in [-0.4, -0.2) is 46.2 Å². The summed E-state index contributed by atoms with van der Waals surface area (Å²) in [6.07, 6.45) is -1.11. The number of carbonyl (C=O) groups excluding carboxylic acids is 1. The Hall–Kier alpha value is -0.950. The van der Waals surface area contributed by atoms with Crippen LogP contribution in [0.2, 0.25) is 0 Å². The van der Waals surface area contributed by atoms with Gasteiger partial charge in [0, 0.05) is 0 Å². The topological polar surface area (TPSA) is 76.0 Å². The van der Waals surface area contributed by atoms with Crippen molar-refractivity contribution in [1.29, 1.82) is 0 Å². The fourth-order valence-electron chi connectivity index (χ4n) is 0.769. The zero-order valence-electron chi connectivity index (χ0n) is 9.56. The molecule has 0 aliphatic rings. The lowest BCUT2D eigenvalue weighted by Gasteiger charge is -2.13. The second kappa shape index (κ2) is 11.1. The van der Waals surface area contributed by atoms with E-state index in [1.54, 1.807) is 0 Å². The Morgan fingerprint density at radius 2 is 1.60 bits per heavy atom. The Balaban J connectivity index is 0. The fraction of sp³-hybridized carbons (Fsp3) is 0.875. The van der Waals surface area contributed by atoms with Crippen LogP contribution in [0.15, 0.2) is 4.36 Å². The molecule has 90 valence electrons. The third-order valence-corrected chi connectivity index (χ3v) is 1.96. The van der Waals surface area contributed by atoms with Crippen LogP contribution in [0.1, 0.15) is 20.8 Å². The number of ether oxygens (including phenoxy) is 1. The van der Waals surface area contributed by atoms with Crippen molar-refractivity contribution < 1.29 is 17.9 Å². The Morgan fingerprint density at radius 3 is 1.67 bits per heavy atom. The minimum atomic E-state index is -2.70. The first-order valence-corrected chi connectivity index (χ1v) is 5.66. The number of amides is 1. The molecule has 0 rings (SSSR count). The average molecular weight is 238 g/mol. The van der Waals surface area contributed by atoms with Gasteiger partial charge in [0.25, 0.3) is 0 Å². The van der Waals surface area contributed by atoms with Crippen molar-refractivity contribution in [3.63, 3.8) is 0 Å². The molecule has 0 N–H and O–H groups in total. The summed E-state index contributed by atoms with van der Waals surface area (Å²) in [4.78, 5) is 12.2. The predicted molar refractivity (Wildman–Crippen MR) is 57.2 cm³/mol. The Labute approximate surface area is 91.9 Å². The molecule has 0 fully saturated rings. The van der Waals surface area contributed by atoms with Crippen LogP contribution in [0, 0.1) is 0 Å². The van der Waals surface area contributed by atoms with E-state index < -0.39 is 16.6 Å². The average Bonchev–Trinajstić information content (AvgIpc) is 2.20. The molecule has 0 saturated heterocycles. The Bertz CT molecular complexity index is 270. The van der Waals surface area contributed by atoms with Crippen molar-refractivity contribution in [3.05, 3.63) is 0 Å². The molecule has 0 bridgehead atoms. The van der Waals surface area contributed by atoms with Crippen molar-refractivity contribution in [3.8, 4) is 0 Å². The first-order valence-electron chi connectivity index (χ1n) is 4.63. The number of nitrogens with zero attached hydrogens (tertiary/aromatic N) is 2. The SMILES string of the molecule is CCN(CC)CC.COC(=O)N=S(=O)=O. The van der Waals surface area contributed by atoms with Gasteiger partial charge in [-0.2, -0.15) is 8.42 Å². The lowest BCUT2D eigenvalue weighted by molar-refractivity contribution is 0.183. The smallest absolute Gasteiger partial charge is 0.448 e. The maximum absolute atomic E-state index is 9.84. The highest BCUT2D eigenvalue weighted by Crippen LogP contribution is 1.81. The normalized spacial score (nSPS) is 8.87. The van der Waals surface area contributed by atoms with E-state index in [1.165, 1.54) is 19.6 Å². The highest BCUT2D eigenvalue weighted by Gasteiger charge is 1.91. The molecule has 0 aliphatic heterocycles. The quantitative estimate of drug-likeness (QED) is 0.737. The lowest BCUT2D eigenvalue weighted by Crippen LogP contribution is -2.21. The van der Waals surface area contributed by atoms with Gasteiger partial charge in [-0.15, -0.1) is 0 Å². The summed E-state index contributed by atoms with van der Waals surface area (Å²) in [5.41, 5.74) is 0. The van der Waals surface area contributed by atoms with Crippen LogP contribution < -0.4 is 0 Å². The Kier molecular flexibility index (Phi) is 12.2. The van der Waals surface area contributed by atoms with E-state index in [9.17, 15) is 13.2 Å². The standard InChI is InChI=1S/C6H15N.C2H3NO4S/c1-4-7(5-2)6-3;1-7-2(4)3-8(5)6/h4-6H2,1-3H3;1H3. The minimum Gasteiger partial charge on any atom is -0.451 e. The first kappa shape index (κ1) is 16.5. The van der Waals surface area contributed by atoms with Crippen molar-refractivity contribution >= 4 is 16.6 Å². The summed E-state index contributed by atoms with van der Waals surface area (Å²) in [5.74, 6) is 0. The van der Waals surface area contributed by atoms with Gasteiger partial charge < -0.3 is 9.64 Å². The van der Waals surface area contributed by atoms with E-state index in [0.29, 0.717) is 0 Å². The minimum absolute atomic E-state index is 1.04. The molecule has 1 amide bonds. The molecule has 0 unspecified atom stereocenters. The van der Waals surface area contributed by atoms with Crippen LogP contribution in [-0.2, 0) is 15.2 Å². The van der Waals surface area contributed by atoms with E-state index in [1.807, 2.05) is 0 Å². The van der Waals surface area contributed by atoms with Crippen LogP contribution in [0.5, 0.6) is 0 Å². The van der Waals surface area contributed by atoms with E-state index in [-0.39, 0.29) is 0 Å². The third-order valence-electron chi connectivity index (χ3n) is 1.67. The molecular formula is C8H18N2O4S. The van der Waals surface area contributed by atoms with Gasteiger partial charge in [0.15, 0.2) is 0 Å². The molecule has 0 saturated carbocycles. The number of rotatable bonds is 3. The molecule has 0 aromatic rings. The molecule has 0 aromatic carbocycles. The lowest BCUT2D eigenvalue weighted by atomic mass is 10.5. The van der Waals surface area contributed by atoms with Crippen LogP contribution in [0.25, 0.3) is 0 Å². The van der Waals surface area contributed by atoms with Crippen molar-refractivity contribution in [1.82, 2.24) is 4.90 Å². The number of hydrogen-bond donors (Lipinski definition) is 0. The van der Waals surface area contributed by atoms with Crippen molar-refractivity contribution in [2.45, 2.75) is 20.8 Å². The molecular weight excluding hydrogens is 220 g/mol. The van der Waals surface area contributed by atoms with E-state index in [2.05, 4.69) is 34.8 Å². The predicted octanol–water partition coefficient (Wildman–Crippen LogP) is 1.16. The van der Waals surface area contributed by atoms with Gasteiger partial charge in [-0.25, -0.2) is 4.79 Å². The van der Waals surface area contributed by atoms with Crippen LogP contribution in [0.3, 0.4) is 0 Å². The third kappa shape index (κ3) is 13.1. The highest BCUT2D eigenvalue weighted by molar-refractivity contribution is 7.62. The first-order chi connectivity index (χ1) is 7.01. The monoisotopic (exact) mass is 238 g/mol. The second-order valence-corrected chi connectivity index (χ2v) is 3.01. The maximum atomic E-state index is 9.84. The maximum Gasteiger partial charge on any atom is 0.448 e. The van der Waals surface area contributed by atoms with Gasteiger partial charge in [-0.3, -0.25) is 0 Å². The molecule has 0 radical (unpaired) electrons. The summed E-state index contributed by atoms with van der Waals surface area (Å²) in [6, 6.07) is 0. The van der Waals surface area contributed by atoms with E-state index >= 15 is 0 Å². The molecule has 0 atom stereocenters. The second-order valence-electron chi connectivity index (χ2n) is 2.40. The molecule has 0 heterocycles. The van der Waals surface area contributed by atoms with Crippen molar-refractivity contribution in [2.24, 2.45) is 4.36 Å². The van der Waals surface area contributed by atoms with Crippen LogP contribution >= 0.6 is 0 Å². The number of methoxy groups -OCH3 is 1. The van der Waals surface area contributed by atoms with Crippen molar-refractivity contribution in [2.75, 3.05) is 26.7 Å². The Morgan fingerprint density at radius 1 is 1.20 bits per heavy atom. The molecule has 6 nitrogen and oxygen atoms in total. The number of carbonyl (C=O) groups is 1. The van der Waals surface area contributed by atoms with Gasteiger partial charge in [-0.05, 0) is 19.6 Å². The molecule has 0 aromatic heterocycles. The molecule has 0 spiro atoms. The summed E-state index contributed by atoms with van der Waals surface area (Å²) in [6.45, 7) is 10.1. The van der Waals surface area contributed by atoms with Gasteiger partial charge in [0.1, 0.15) is 0 Å². The summed E-state index contributed by atoms with van der Waals surface area (Å²) in [5, 5.41) is 0. The highest BCUT2D eigenvalue weighted by atomic mass is 32.2. The van der Waals surface area contributed by atoms with E-state index in [0.717, 1.165) is 7.11 Å². The van der Waals surface area contributed by atoms with Gasteiger partial charge in [0.2, 0.25) is 0 Å². The fourth-order valence-corrected chi connectivity index (χ4v) is 0.965. The van der Waals surface area contributed by atoms with Crippen LogP contribution in [0.4, 0.5) is 4.79 Å². The number of hydrogen-bond acceptors (Lipinski definition) is 5.